The summed E-state index contributed by atoms with van der Waals surface area (Å²) in [6, 6.07) is 50.9. The summed E-state index contributed by atoms with van der Waals surface area (Å²) in [7, 11) is 0. The lowest BCUT2D eigenvalue weighted by molar-refractivity contribution is 0.279. The molecule has 2 fully saturated rings. The van der Waals surface area contributed by atoms with Crippen molar-refractivity contribution in [3.8, 4) is 0 Å². The summed E-state index contributed by atoms with van der Waals surface area (Å²) in [6.45, 7) is 0. The minimum absolute atomic E-state index is 0.285. The first-order chi connectivity index (χ1) is 34.6. The Kier molecular flexibility index (Phi) is 9.86. The van der Waals surface area contributed by atoms with Crippen LogP contribution in [0.4, 0.5) is 42.9 Å². The monoisotopic (exact) mass is 918 g/mol. The van der Waals surface area contributed by atoms with Crippen LogP contribution in [0.1, 0.15) is 99.4 Å². The zero-order valence-corrected chi connectivity index (χ0v) is 39.1. The zero-order chi connectivity index (χ0) is 46.5. The third-order valence-electron chi connectivity index (χ3n) is 16.3. The fourth-order valence-electron chi connectivity index (χ4n) is 13.0. The molecule has 2 aromatic heterocycles. The molecule has 344 valence electrons. The zero-order valence-electron chi connectivity index (χ0n) is 39.1. The van der Waals surface area contributed by atoms with Crippen LogP contribution in [0.3, 0.4) is 0 Å². The minimum atomic E-state index is -0.290. The topological polar surface area (TPSA) is 32.8 Å². The molecule has 3 aliphatic carbocycles. The van der Waals surface area contributed by atoms with Gasteiger partial charge in [-0.3, -0.25) is 0 Å². The van der Waals surface area contributed by atoms with Gasteiger partial charge < -0.3 is 18.6 Å². The molecular formula is C64H52F2N2O2. The maximum absolute atomic E-state index is 14.8. The highest BCUT2D eigenvalue weighted by molar-refractivity contribution is 6.28. The van der Waals surface area contributed by atoms with Crippen LogP contribution >= 0.6 is 0 Å². The number of anilines is 6. The number of rotatable bonds is 8. The summed E-state index contributed by atoms with van der Waals surface area (Å²) in [5.41, 5.74) is 10.5. The summed E-state index contributed by atoms with van der Waals surface area (Å²) in [4.78, 5) is 4.51. The van der Waals surface area contributed by atoms with Crippen LogP contribution in [0.15, 0.2) is 167 Å². The normalized spacial score (nSPS) is 16.9. The molecule has 9 aromatic carbocycles. The molecule has 1 atom stereocenters. The third-order valence-corrected chi connectivity index (χ3v) is 16.3. The average Bonchev–Trinajstić information content (AvgIpc) is 4.00. The predicted octanol–water partition coefficient (Wildman–Crippen LogP) is 19.6. The van der Waals surface area contributed by atoms with Crippen LogP contribution in [-0.4, -0.2) is 0 Å². The number of allylic oxidation sites excluding steroid dienone is 1. The first kappa shape index (κ1) is 41.5. The number of hydrogen-bond acceptors (Lipinski definition) is 4. The molecular weight excluding hydrogens is 867 g/mol. The second-order valence-corrected chi connectivity index (χ2v) is 20.2. The highest BCUT2D eigenvalue weighted by Crippen LogP contribution is 2.52. The van der Waals surface area contributed by atoms with E-state index >= 15 is 0 Å². The van der Waals surface area contributed by atoms with Crippen molar-refractivity contribution >= 4 is 105 Å². The summed E-state index contributed by atoms with van der Waals surface area (Å²) in [6.07, 6.45) is 18.1. The van der Waals surface area contributed by atoms with E-state index in [1.54, 1.807) is 12.1 Å². The van der Waals surface area contributed by atoms with Crippen LogP contribution in [-0.2, 0) is 0 Å². The SMILES string of the molecule is Fc1ccc(N(c2ccc3ccc4c(N(c5ccc(F)cc5)c5cccc6c5oc5c(C7CCCCC7)cccc56)ccc5ccc2c3c54)c2cccc3c4c(oc23)C(C2CCCCC2)CC=C4)cc1. The number of hydrogen-bond donors (Lipinski definition) is 0. The summed E-state index contributed by atoms with van der Waals surface area (Å²) in [5, 5.41) is 9.90. The number of benzene rings is 9. The van der Waals surface area contributed by atoms with E-state index in [-0.39, 0.29) is 11.6 Å². The van der Waals surface area contributed by atoms with Gasteiger partial charge >= 0.3 is 0 Å². The largest absolute Gasteiger partial charge is 0.458 e. The van der Waals surface area contributed by atoms with Crippen molar-refractivity contribution in [2.45, 2.75) is 82.5 Å². The molecule has 4 nitrogen and oxygen atoms in total. The Morgan fingerprint density at radius 1 is 0.429 bits per heavy atom. The molecule has 0 aliphatic heterocycles. The van der Waals surface area contributed by atoms with E-state index in [1.165, 1.54) is 87.5 Å². The van der Waals surface area contributed by atoms with Gasteiger partial charge in [0.15, 0.2) is 11.2 Å². The average molecular weight is 919 g/mol. The Morgan fingerprint density at radius 2 is 0.943 bits per heavy atom. The van der Waals surface area contributed by atoms with E-state index in [0.717, 1.165) is 112 Å². The van der Waals surface area contributed by atoms with E-state index in [1.807, 2.05) is 24.3 Å². The third kappa shape index (κ3) is 6.59. The number of halogens is 2. The van der Waals surface area contributed by atoms with Gasteiger partial charge in [-0.25, -0.2) is 8.78 Å². The lowest BCUT2D eigenvalue weighted by Crippen LogP contribution is -2.17. The molecule has 14 rings (SSSR count). The van der Waals surface area contributed by atoms with Crippen LogP contribution < -0.4 is 9.80 Å². The molecule has 11 aromatic rings. The van der Waals surface area contributed by atoms with Crippen molar-refractivity contribution in [1.29, 1.82) is 0 Å². The number of furan rings is 2. The summed E-state index contributed by atoms with van der Waals surface area (Å²) in [5.74, 6) is 1.98. The summed E-state index contributed by atoms with van der Waals surface area (Å²) >= 11 is 0. The van der Waals surface area contributed by atoms with Crippen molar-refractivity contribution in [2.24, 2.45) is 5.92 Å². The van der Waals surface area contributed by atoms with Crippen molar-refractivity contribution in [1.82, 2.24) is 0 Å². The van der Waals surface area contributed by atoms with E-state index in [9.17, 15) is 8.78 Å². The lowest BCUT2D eigenvalue weighted by Gasteiger charge is -2.30. The van der Waals surface area contributed by atoms with Gasteiger partial charge in [-0.1, -0.05) is 130 Å². The van der Waals surface area contributed by atoms with Crippen molar-refractivity contribution < 1.29 is 17.6 Å². The first-order valence-electron chi connectivity index (χ1n) is 25.5. The van der Waals surface area contributed by atoms with Gasteiger partial charge in [0, 0.05) is 49.8 Å². The summed E-state index contributed by atoms with van der Waals surface area (Å²) < 4.78 is 44.0. The fraction of sp³-hybridized carbons (Fsp3) is 0.219. The van der Waals surface area contributed by atoms with Gasteiger partial charge in [0.05, 0.1) is 22.7 Å². The molecule has 70 heavy (non-hydrogen) atoms. The van der Waals surface area contributed by atoms with E-state index < -0.39 is 0 Å². The van der Waals surface area contributed by atoms with Gasteiger partial charge in [0.25, 0.3) is 0 Å². The Hall–Kier alpha value is -7.44. The van der Waals surface area contributed by atoms with E-state index in [2.05, 4.69) is 125 Å². The number of fused-ring (bicyclic) bond motifs is 6. The van der Waals surface area contributed by atoms with Crippen molar-refractivity contribution in [2.75, 3.05) is 9.80 Å². The Morgan fingerprint density at radius 3 is 1.54 bits per heavy atom. The van der Waals surface area contributed by atoms with E-state index in [0.29, 0.717) is 17.8 Å². The van der Waals surface area contributed by atoms with Gasteiger partial charge in [-0.15, -0.1) is 0 Å². The smallest absolute Gasteiger partial charge is 0.159 e. The minimum Gasteiger partial charge on any atom is -0.458 e. The van der Waals surface area contributed by atoms with Crippen molar-refractivity contribution in [3.63, 3.8) is 0 Å². The predicted molar refractivity (Wildman–Crippen MR) is 285 cm³/mol. The Balaban J connectivity index is 0.976. The molecule has 2 heterocycles. The standard InChI is InChI=1S/C64H52F2N2O2/c65-43-27-31-45(32-28-43)67(57-21-9-19-51-49-17-7-15-47(61(49)69-63(51)57)39-11-3-1-4-12-39)55-37-25-41-24-36-54-56(38-26-42-23-35-53(55)59(41)60(42)54)68(46-33-29-44(66)30-34-46)58-22-10-20-52-50-18-8-16-48(62(50)70-64(52)58)40-13-5-2-6-14-40/h7-10,15,17-40,48H,1-6,11-14,16H2. The molecule has 0 N–H and O–H groups in total. The van der Waals surface area contributed by atoms with Crippen LogP contribution in [0.5, 0.6) is 0 Å². The molecule has 6 heteroatoms. The molecule has 1 unspecified atom stereocenters. The van der Waals surface area contributed by atoms with Crippen LogP contribution in [0.25, 0.3) is 71.3 Å². The maximum atomic E-state index is 14.8. The molecule has 3 aliphatic rings. The molecule has 0 bridgehead atoms. The second-order valence-electron chi connectivity index (χ2n) is 20.2. The highest BCUT2D eigenvalue weighted by Gasteiger charge is 2.33. The highest BCUT2D eigenvalue weighted by atomic mass is 19.1. The van der Waals surface area contributed by atoms with Crippen LogP contribution in [0.2, 0.25) is 0 Å². The van der Waals surface area contributed by atoms with E-state index in [4.69, 9.17) is 8.83 Å². The van der Waals surface area contributed by atoms with Gasteiger partial charge in [-0.05, 0) is 144 Å². The quantitative estimate of drug-likeness (QED) is 0.142. The molecule has 0 radical (unpaired) electrons. The number of para-hydroxylation sites is 3. The molecule has 2 saturated carbocycles. The van der Waals surface area contributed by atoms with Crippen LogP contribution in [0, 0.1) is 17.6 Å². The lowest BCUT2D eigenvalue weighted by atomic mass is 9.75. The molecule has 0 saturated heterocycles. The Bertz CT molecular complexity index is 3820. The molecule has 0 spiro atoms. The van der Waals surface area contributed by atoms with Gasteiger partial charge in [0.1, 0.15) is 23.0 Å². The fourth-order valence-corrected chi connectivity index (χ4v) is 13.0. The van der Waals surface area contributed by atoms with Gasteiger partial charge in [0.2, 0.25) is 0 Å². The second kappa shape index (κ2) is 16.6. The van der Waals surface area contributed by atoms with Crippen molar-refractivity contribution in [3.05, 3.63) is 186 Å². The first-order valence-corrected chi connectivity index (χ1v) is 25.5. The Labute approximate surface area is 405 Å². The van der Waals surface area contributed by atoms with Gasteiger partial charge in [-0.2, -0.15) is 0 Å². The number of nitrogens with zero attached hydrogens (tertiary/aromatic N) is 2. The maximum Gasteiger partial charge on any atom is 0.159 e. The molecule has 0 amide bonds.